The fourth-order valence-corrected chi connectivity index (χ4v) is 5.87. The fraction of sp³-hybridized carbons (Fsp3) is 0.864. The third-order valence-electron chi connectivity index (χ3n) is 5.52. The van der Waals surface area contributed by atoms with Crippen LogP contribution in [-0.2, 0) is 4.43 Å². The van der Waals surface area contributed by atoms with Gasteiger partial charge in [-0.2, -0.15) is 0 Å². The van der Waals surface area contributed by atoms with E-state index in [9.17, 15) is 5.11 Å². The van der Waals surface area contributed by atoms with Crippen molar-refractivity contribution in [3.05, 3.63) is 17.4 Å². The minimum Gasteiger partial charge on any atom is -0.414 e. The monoisotopic (exact) mass is 398 g/mol. The maximum absolute atomic E-state index is 11.5. The lowest BCUT2D eigenvalue weighted by Crippen LogP contribution is -2.49. The molecule has 0 heterocycles. The number of hydrogen-bond acceptors (Lipinski definition) is 2. The van der Waals surface area contributed by atoms with E-state index in [1.165, 1.54) is 25.7 Å². The lowest BCUT2D eigenvalue weighted by molar-refractivity contribution is 0.0374. The van der Waals surface area contributed by atoms with Crippen molar-refractivity contribution in [2.75, 3.05) is 6.61 Å². The minimum absolute atomic E-state index is 0.153. The summed E-state index contributed by atoms with van der Waals surface area (Å²) in [7, 11) is -3.34. The highest BCUT2D eigenvalue weighted by Crippen LogP contribution is 2.38. The topological polar surface area (TPSA) is 29.5 Å². The van der Waals surface area contributed by atoms with Crippen LogP contribution in [0, 0.1) is 0 Å². The maximum Gasteiger partial charge on any atom is 0.192 e. The van der Waals surface area contributed by atoms with Crippen molar-refractivity contribution in [3.63, 3.8) is 0 Å². The Hall–Kier alpha value is -0.126. The minimum atomic E-state index is -1.88. The van der Waals surface area contributed by atoms with Gasteiger partial charge in [0.2, 0.25) is 0 Å². The second-order valence-corrected chi connectivity index (χ2v) is 20.9. The SMILES string of the molecule is CCCCCCC=C=C(C)C(O)(CO[Si](C)(C)C(C)(C)C)C[Si](C)(C)C. The van der Waals surface area contributed by atoms with Crippen molar-refractivity contribution in [2.24, 2.45) is 0 Å². The number of aliphatic hydroxyl groups is 1. The zero-order valence-electron chi connectivity index (χ0n) is 19.4. The molecule has 0 aromatic rings. The van der Waals surface area contributed by atoms with E-state index in [1.54, 1.807) is 0 Å². The predicted octanol–water partition coefficient (Wildman–Crippen LogP) is 7.15. The molecule has 4 heteroatoms. The number of unbranched alkanes of at least 4 members (excludes halogenated alkanes) is 4. The van der Waals surface area contributed by atoms with Crippen molar-refractivity contribution in [1.29, 1.82) is 0 Å². The van der Waals surface area contributed by atoms with E-state index in [-0.39, 0.29) is 5.04 Å². The third-order valence-corrected chi connectivity index (χ3v) is 11.6. The van der Waals surface area contributed by atoms with E-state index >= 15 is 0 Å². The quantitative estimate of drug-likeness (QED) is 0.227. The molecular formula is C22H46O2Si2. The van der Waals surface area contributed by atoms with Gasteiger partial charge in [-0.15, -0.1) is 5.73 Å². The molecule has 0 aromatic carbocycles. The first-order valence-corrected chi connectivity index (χ1v) is 17.0. The second-order valence-electron chi connectivity index (χ2n) is 10.6. The average molecular weight is 399 g/mol. The van der Waals surface area contributed by atoms with Crippen LogP contribution < -0.4 is 0 Å². The third kappa shape index (κ3) is 9.71. The van der Waals surface area contributed by atoms with E-state index < -0.39 is 22.0 Å². The average Bonchev–Trinajstić information content (AvgIpc) is 2.45. The van der Waals surface area contributed by atoms with Crippen LogP contribution in [0.5, 0.6) is 0 Å². The molecule has 0 bridgehead atoms. The Bertz CT molecular complexity index is 477. The summed E-state index contributed by atoms with van der Waals surface area (Å²) in [4.78, 5) is 0. The second kappa shape index (κ2) is 10.4. The van der Waals surface area contributed by atoms with Gasteiger partial charge in [0.15, 0.2) is 8.32 Å². The molecule has 0 aromatic heterocycles. The molecule has 0 amide bonds. The molecular weight excluding hydrogens is 352 g/mol. The Morgan fingerprint density at radius 3 is 2.08 bits per heavy atom. The smallest absolute Gasteiger partial charge is 0.192 e. The van der Waals surface area contributed by atoms with Gasteiger partial charge in [-0.3, -0.25) is 0 Å². The molecule has 1 unspecified atom stereocenters. The Kier molecular flexibility index (Phi) is 10.4. The van der Waals surface area contributed by atoms with Gasteiger partial charge in [-0.1, -0.05) is 66.6 Å². The summed E-state index contributed by atoms with van der Waals surface area (Å²) in [5.41, 5.74) is 3.45. The van der Waals surface area contributed by atoms with Crippen molar-refractivity contribution < 1.29 is 9.53 Å². The van der Waals surface area contributed by atoms with Gasteiger partial charge in [0.05, 0.1) is 6.61 Å². The van der Waals surface area contributed by atoms with Crippen molar-refractivity contribution >= 4 is 16.4 Å². The van der Waals surface area contributed by atoms with Gasteiger partial charge in [0.25, 0.3) is 0 Å². The summed E-state index contributed by atoms with van der Waals surface area (Å²) in [6, 6.07) is 0.817. The highest BCUT2D eigenvalue weighted by Gasteiger charge is 2.42. The molecule has 0 spiro atoms. The Balaban J connectivity index is 5.27. The predicted molar refractivity (Wildman–Crippen MR) is 122 cm³/mol. The van der Waals surface area contributed by atoms with Crippen molar-refractivity contribution in [3.8, 4) is 0 Å². The van der Waals surface area contributed by atoms with E-state index in [0.717, 1.165) is 18.0 Å². The molecule has 0 rings (SSSR count). The van der Waals surface area contributed by atoms with Crippen LogP contribution in [0.2, 0.25) is 43.8 Å². The molecule has 26 heavy (non-hydrogen) atoms. The van der Waals surface area contributed by atoms with Gasteiger partial charge in [-0.25, -0.2) is 0 Å². The highest BCUT2D eigenvalue weighted by atomic mass is 28.4. The van der Waals surface area contributed by atoms with E-state index in [2.05, 4.69) is 72.2 Å². The number of rotatable bonds is 11. The molecule has 0 radical (unpaired) electrons. The van der Waals surface area contributed by atoms with Crippen LogP contribution in [0.15, 0.2) is 17.4 Å². The Morgan fingerprint density at radius 1 is 1.04 bits per heavy atom. The molecule has 0 saturated heterocycles. The van der Waals surface area contributed by atoms with E-state index in [0.29, 0.717) is 6.61 Å². The van der Waals surface area contributed by atoms with Gasteiger partial charge in [0, 0.05) is 13.6 Å². The lowest BCUT2D eigenvalue weighted by Gasteiger charge is -2.41. The van der Waals surface area contributed by atoms with Gasteiger partial charge in [0.1, 0.15) is 5.60 Å². The molecule has 154 valence electrons. The molecule has 1 N–H and O–H groups in total. The van der Waals surface area contributed by atoms with Crippen LogP contribution in [0.3, 0.4) is 0 Å². The zero-order chi connectivity index (χ0) is 20.6. The van der Waals surface area contributed by atoms with E-state index in [1.807, 2.05) is 6.92 Å². The molecule has 0 saturated carbocycles. The van der Waals surface area contributed by atoms with Crippen LogP contribution in [0.1, 0.15) is 66.7 Å². The molecule has 1 atom stereocenters. The largest absolute Gasteiger partial charge is 0.414 e. The Labute approximate surface area is 166 Å². The molecule has 2 nitrogen and oxygen atoms in total. The standard InChI is InChI=1S/C22H46O2Si2/c1-11-12-13-14-15-16-17-20(2)22(23,19-25(6,7)8)18-24-26(9,10)21(3,4)5/h16,23H,11-15,18-19H2,1-10H3. The summed E-state index contributed by atoms with van der Waals surface area (Å²) in [6.07, 6.45) is 8.22. The molecule has 0 aliphatic rings. The lowest BCUT2D eigenvalue weighted by atomic mass is 9.98. The summed E-state index contributed by atoms with van der Waals surface area (Å²) < 4.78 is 6.42. The summed E-state index contributed by atoms with van der Waals surface area (Å²) in [5, 5.41) is 11.7. The summed E-state index contributed by atoms with van der Waals surface area (Å²) >= 11 is 0. The van der Waals surface area contributed by atoms with Crippen molar-refractivity contribution in [1.82, 2.24) is 0 Å². The first-order chi connectivity index (χ1) is 11.6. The zero-order valence-corrected chi connectivity index (χ0v) is 21.4. The highest BCUT2D eigenvalue weighted by molar-refractivity contribution is 6.76. The Morgan fingerprint density at radius 2 is 1.62 bits per heavy atom. The van der Waals surface area contributed by atoms with Crippen LogP contribution >= 0.6 is 0 Å². The van der Waals surface area contributed by atoms with Crippen LogP contribution in [0.4, 0.5) is 0 Å². The van der Waals surface area contributed by atoms with Gasteiger partial charge >= 0.3 is 0 Å². The van der Waals surface area contributed by atoms with Crippen molar-refractivity contribution in [2.45, 2.75) is 116 Å². The molecule has 0 aliphatic carbocycles. The van der Waals surface area contributed by atoms with Crippen LogP contribution in [-0.4, -0.2) is 33.7 Å². The van der Waals surface area contributed by atoms with Gasteiger partial charge < -0.3 is 9.53 Å². The molecule has 0 fully saturated rings. The van der Waals surface area contributed by atoms with Crippen LogP contribution in [0.25, 0.3) is 0 Å². The number of hydrogen-bond donors (Lipinski definition) is 1. The first kappa shape index (κ1) is 25.9. The first-order valence-electron chi connectivity index (χ1n) is 10.4. The molecule has 0 aliphatic heterocycles. The maximum atomic E-state index is 11.5. The van der Waals surface area contributed by atoms with Gasteiger partial charge in [-0.05, 0) is 50.0 Å². The summed E-state index contributed by atoms with van der Waals surface area (Å²) in [5.74, 6) is 0. The normalized spacial score (nSPS) is 15.3. The fourth-order valence-electron chi connectivity index (χ4n) is 2.72. The van der Waals surface area contributed by atoms with E-state index in [4.69, 9.17) is 4.43 Å². The summed E-state index contributed by atoms with van der Waals surface area (Å²) in [6.45, 7) is 22.8.